The second kappa shape index (κ2) is 4.55. The molecular weight excluding hydrogens is 105 g/mol. The van der Waals surface area contributed by atoms with E-state index in [4.69, 9.17) is 0 Å². The summed E-state index contributed by atoms with van der Waals surface area (Å²) in [6.45, 7) is 2.50. The highest BCUT2D eigenvalue weighted by Crippen LogP contribution is 1.96. The van der Waals surface area contributed by atoms with Crippen molar-refractivity contribution in [2.75, 3.05) is 13.1 Å². The Morgan fingerprint density at radius 1 is 0.857 bits per heavy atom. The largest absolute Gasteiger partial charge is 0.317 e. The van der Waals surface area contributed by atoms with Crippen molar-refractivity contribution in [1.82, 2.24) is 5.32 Å². The van der Waals surface area contributed by atoms with Gasteiger partial charge in [-0.3, -0.25) is 0 Å². The van der Waals surface area contributed by atoms with Crippen LogP contribution in [-0.4, -0.2) is 13.1 Å². The SMILES string of the molecule is C1CCNCC1.P. The molecule has 0 radical (unpaired) electrons. The van der Waals surface area contributed by atoms with Crippen LogP contribution in [0.15, 0.2) is 0 Å². The molecule has 0 amide bonds. The van der Waals surface area contributed by atoms with Crippen LogP contribution in [-0.2, 0) is 0 Å². The van der Waals surface area contributed by atoms with Crippen LogP contribution in [0.4, 0.5) is 0 Å². The lowest BCUT2D eigenvalue weighted by atomic mass is 10.2. The summed E-state index contributed by atoms with van der Waals surface area (Å²) < 4.78 is 0. The molecule has 0 aromatic heterocycles. The summed E-state index contributed by atoms with van der Waals surface area (Å²) in [7, 11) is 0. The van der Waals surface area contributed by atoms with Gasteiger partial charge in [0.15, 0.2) is 0 Å². The van der Waals surface area contributed by atoms with Crippen molar-refractivity contribution >= 4 is 9.90 Å². The minimum atomic E-state index is 0. The summed E-state index contributed by atoms with van der Waals surface area (Å²) in [4.78, 5) is 0. The quantitative estimate of drug-likeness (QED) is 0.465. The van der Waals surface area contributed by atoms with Gasteiger partial charge in [0.05, 0.1) is 0 Å². The highest BCUT2D eigenvalue weighted by Gasteiger charge is 1.93. The van der Waals surface area contributed by atoms with E-state index in [1.54, 1.807) is 0 Å². The van der Waals surface area contributed by atoms with Crippen LogP contribution in [0, 0.1) is 0 Å². The average molecular weight is 119 g/mol. The molecule has 7 heavy (non-hydrogen) atoms. The van der Waals surface area contributed by atoms with Gasteiger partial charge in [0, 0.05) is 0 Å². The zero-order chi connectivity index (χ0) is 4.24. The third kappa shape index (κ3) is 3.02. The molecule has 1 heterocycles. The van der Waals surface area contributed by atoms with Crippen LogP contribution in [0.3, 0.4) is 0 Å². The molecule has 1 saturated heterocycles. The summed E-state index contributed by atoms with van der Waals surface area (Å²) in [6.07, 6.45) is 4.22. The van der Waals surface area contributed by atoms with E-state index in [-0.39, 0.29) is 9.90 Å². The molecule has 0 spiro atoms. The van der Waals surface area contributed by atoms with Crippen LogP contribution in [0.5, 0.6) is 0 Å². The van der Waals surface area contributed by atoms with Crippen molar-refractivity contribution < 1.29 is 0 Å². The molecule has 44 valence electrons. The predicted octanol–water partition coefficient (Wildman–Crippen LogP) is 0.818. The van der Waals surface area contributed by atoms with Gasteiger partial charge < -0.3 is 5.32 Å². The van der Waals surface area contributed by atoms with Crippen LogP contribution >= 0.6 is 9.90 Å². The standard InChI is InChI=1S/C5H11N.H3P/c1-2-4-6-5-3-1;/h6H,1-5H2;1H3. The van der Waals surface area contributed by atoms with E-state index in [9.17, 15) is 0 Å². The van der Waals surface area contributed by atoms with E-state index < -0.39 is 0 Å². The van der Waals surface area contributed by atoms with Crippen LogP contribution in [0.2, 0.25) is 0 Å². The van der Waals surface area contributed by atoms with E-state index in [1.165, 1.54) is 32.4 Å². The third-order valence-corrected chi connectivity index (χ3v) is 1.21. The van der Waals surface area contributed by atoms with Crippen molar-refractivity contribution in [2.24, 2.45) is 0 Å². The second-order valence-corrected chi connectivity index (χ2v) is 1.81. The van der Waals surface area contributed by atoms with Gasteiger partial charge >= 0.3 is 0 Å². The molecule has 0 bridgehead atoms. The van der Waals surface area contributed by atoms with Gasteiger partial charge in [-0.25, -0.2) is 0 Å². The minimum Gasteiger partial charge on any atom is -0.317 e. The normalized spacial score (nSPS) is 20.6. The van der Waals surface area contributed by atoms with Gasteiger partial charge in [-0.1, -0.05) is 6.42 Å². The number of nitrogens with one attached hydrogen (secondary N) is 1. The van der Waals surface area contributed by atoms with Crippen LogP contribution < -0.4 is 5.32 Å². The fraction of sp³-hybridized carbons (Fsp3) is 1.00. The molecule has 1 aliphatic rings. The van der Waals surface area contributed by atoms with Crippen molar-refractivity contribution in [2.45, 2.75) is 19.3 Å². The van der Waals surface area contributed by atoms with Crippen LogP contribution in [0.25, 0.3) is 0 Å². The fourth-order valence-corrected chi connectivity index (χ4v) is 0.802. The first-order chi connectivity index (χ1) is 3.00. The molecular formula is C5H14NP. The maximum absolute atomic E-state index is 3.28. The van der Waals surface area contributed by atoms with Gasteiger partial charge in [-0.05, 0) is 25.9 Å². The number of piperidine rings is 1. The van der Waals surface area contributed by atoms with Gasteiger partial charge in [-0.2, -0.15) is 9.90 Å². The van der Waals surface area contributed by atoms with Gasteiger partial charge in [0.1, 0.15) is 0 Å². The Hall–Kier alpha value is 0.390. The van der Waals surface area contributed by atoms with Crippen molar-refractivity contribution in [1.29, 1.82) is 0 Å². The first kappa shape index (κ1) is 7.39. The van der Waals surface area contributed by atoms with Crippen LogP contribution in [0.1, 0.15) is 19.3 Å². The number of rotatable bonds is 0. The molecule has 0 aromatic rings. The Bertz CT molecular complexity index is 23.6. The smallest absolute Gasteiger partial charge is 0.00489 e. The lowest BCUT2D eigenvalue weighted by molar-refractivity contribution is 0.520. The molecule has 2 heteroatoms. The van der Waals surface area contributed by atoms with E-state index in [2.05, 4.69) is 5.32 Å². The third-order valence-electron chi connectivity index (χ3n) is 1.21. The lowest BCUT2D eigenvalue weighted by Crippen LogP contribution is -2.21. The molecule has 0 saturated carbocycles. The summed E-state index contributed by atoms with van der Waals surface area (Å²) >= 11 is 0. The molecule has 1 unspecified atom stereocenters. The fourth-order valence-electron chi connectivity index (χ4n) is 0.802. The molecule has 0 aliphatic carbocycles. The highest BCUT2D eigenvalue weighted by molar-refractivity contribution is 6.92. The molecule has 1 aliphatic heterocycles. The van der Waals surface area contributed by atoms with Gasteiger partial charge in [-0.15, -0.1) is 0 Å². The molecule has 1 N–H and O–H groups in total. The number of hydrogen-bond donors (Lipinski definition) is 1. The summed E-state index contributed by atoms with van der Waals surface area (Å²) in [5.74, 6) is 0. The van der Waals surface area contributed by atoms with E-state index in [0.29, 0.717) is 0 Å². The Kier molecular flexibility index (Phi) is 4.80. The molecule has 1 atom stereocenters. The maximum atomic E-state index is 3.28. The summed E-state index contributed by atoms with van der Waals surface area (Å²) in [5, 5.41) is 3.28. The zero-order valence-electron chi connectivity index (χ0n) is 4.74. The maximum Gasteiger partial charge on any atom is -0.00489 e. The monoisotopic (exact) mass is 119 g/mol. The highest BCUT2D eigenvalue weighted by atomic mass is 31.0. The van der Waals surface area contributed by atoms with E-state index in [1.807, 2.05) is 0 Å². The first-order valence-corrected chi connectivity index (χ1v) is 2.71. The van der Waals surface area contributed by atoms with E-state index >= 15 is 0 Å². The Morgan fingerprint density at radius 2 is 1.43 bits per heavy atom. The van der Waals surface area contributed by atoms with Crippen molar-refractivity contribution in [3.8, 4) is 0 Å². The van der Waals surface area contributed by atoms with Gasteiger partial charge in [0.2, 0.25) is 0 Å². The van der Waals surface area contributed by atoms with Crippen molar-refractivity contribution in [3.05, 3.63) is 0 Å². The van der Waals surface area contributed by atoms with Crippen molar-refractivity contribution in [3.63, 3.8) is 0 Å². The number of hydrogen-bond acceptors (Lipinski definition) is 1. The van der Waals surface area contributed by atoms with Gasteiger partial charge in [0.25, 0.3) is 0 Å². The molecule has 1 fully saturated rings. The van der Waals surface area contributed by atoms with E-state index in [0.717, 1.165) is 0 Å². The zero-order valence-corrected chi connectivity index (χ0v) is 6.16. The predicted molar refractivity (Wildman–Crippen MR) is 37.8 cm³/mol. The first-order valence-electron chi connectivity index (χ1n) is 2.71. The molecule has 0 aromatic carbocycles. The Balaban J connectivity index is 0.000000360. The summed E-state index contributed by atoms with van der Waals surface area (Å²) in [6, 6.07) is 0. The topological polar surface area (TPSA) is 12.0 Å². The Morgan fingerprint density at radius 3 is 1.57 bits per heavy atom. The summed E-state index contributed by atoms with van der Waals surface area (Å²) in [5.41, 5.74) is 0. The average Bonchev–Trinajstić information content (AvgIpc) is 1.72. The molecule has 1 rings (SSSR count). The lowest BCUT2D eigenvalue weighted by Gasteiger charge is -2.08. The Labute approximate surface area is 48.5 Å². The molecule has 1 nitrogen and oxygen atoms in total. The second-order valence-electron chi connectivity index (χ2n) is 1.81. The minimum absolute atomic E-state index is 0.